The van der Waals surface area contributed by atoms with Gasteiger partial charge in [-0.25, -0.2) is 4.79 Å². The van der Waals surface area contributed by atoms with Gasteiger partial charge < -0.3 is 20.1 Å². The predicted molar refractivity (Wildman–Crippen MR) is 60.7 cm³/mol. The highest BCUT2D eigenvalue weighted by atomic mass is 16.6. The molecule has 0 bridgehead atoms. The number of rotatable bonds is 2. The van der Waals surface area contributed by atoms with Crippen LogP contribution in [0.15, 0.2) is 6.07 Å². The molecule has 8 heteroatoms. The third-order valence-corrected chi connectivity index (χ3v) is 2.65. The van der Waals surface area contributed by atoms with Crippen LogP contribution in [-0.4, -0.2) is 59.9 Å². The molecule has 1 aliphatic rings. The Balaban J connectivity index is 2.05. The van der Waals surface area contributed by atoms with Gasteiger partial charge in [0.05, 0.1) is 20.3 Å². The molecule has 1 fully saturated rings. The van der Waals surface area contributed by atoms with Crippen molar-refractivity contribution in [3.8, 4) is 0 Å². The van der Waals surface area contributed by atoms with E-state index in [9.17, 15) is 9.59 Å². The fourth-order valence-electron chi connectivity index (χ4n) is 1.72. The molecular weight excluding hydrogens is 240 g/mol. The van der Waals surface area contributed by atoms with E-state index in [0.717, 1.165) is 0 Å². The van der Waals surface area contributed by atoms with E-state index in [-0.39, 0.29) is 30.6 Å². The van der Waals surface area contributed by atoms with Crippen LogP contribution >= 0.6 is 0 Å². The zero-order valence-corrected chi connectivity index (χ0v) is 9.88. The zero-order valence-electron chi connectivity index (χ0n) is 9.88. The van der Waals surface area contributed by atoms with E-state index in [1.54, 1.807) is 0 Å². The number of ether oxygens (including phenoxy) is 2. The first-order valence-electron chi connectivity index (χ1n) is 5.41. The van der Waals surface area contributed by atoms with Gasteiger partial charge in [-0.05, 0) is 0 Å². The number of carbonyl (C=O) groups is 2. The number of carbonyl (C=O) groups excluding carboxylic acids is 2. The highest BCUT2D eigenvalue weighted by Crippen LogP contribution is 2.11. The van der Waals surface area contributed by atoms with Crippen molar-refractivity contribution in [2.45, 2.75) is 6.10 Å². The number of nitrogens with zero attached hydrogens (tertiary/aromatic N) is 2. The molecule has 1 unspecified atom stereocenters. The summed E-state index contributed by atoms with van der Waals surface area (Å²) in [5.41, 5.74) is 5.72. The van der Waals surface area contributed by atoms with Crippen molar-refractivity contribution in [3.63, 3.8) is 0 Å². The lowest BCUT2D eigenvalue weighted by molar-refractivity contribution is -0.158. The number of H-pyrrole nitrogens is 1. The lowest BCUT2D eigenvalue weighted by Gasteiger charge is -2.31. The standard InChI is InChI=1S/C10H14N4O4/c1-17-10(16)7-5-14(2-3-18-7)9(15)6-4-8(11)13-12-6/h4,7H,2-3,5H2,1H3,(H3,11,12,13). The van der Waals surface area contributed by atoms with Crippen molar-refractivity contribution < 1.29 is 19.1 Å². The van der Waals surface area contributed by atoms with Gasteiger partial charge in [0.15, 0.2) is 6.10 Å². The smallest absolute Gasteiger partial charge is 0.336 e. The number of methoxy groups -OCH3 is 1. The molecule has 98 valence electrons. The Morgan fingerprint density at radius 1 is 1.67 bits per heavy atom. The number of hydrogen-bond donors (Lipinski definition) is 2. The third-order valence-electron chi connectivity index (χ3n) is 2.65. The van der Waals surface area contributed by atoms with E-state index in [2.05, 4.69) is 14.9 Å². The minimum Gasteiger partial charge on any atom is -0.467 e. The van der Waals surface area contributed by atoms with Crippen LogP contribution in [-0.2, 0) is 14.3 Å². The normalized spacial score (nSPS) is 19.6. The van der Waals surface area contributed by atoms with E-state index in [1.165, 1.54) is 18.1 Å². The monoisotopic (exact) mass is 254 g/mol. The Morgan fingerprint density at radius 2 is 2.44 bits per heavy atom. The van der Waals surface area contributed by atoms with Crippen molar-refractivity contribution in [1.29, 1.82) is 0 Å². The maximum atomic E-state index is 12.1. The van der Waals surface area contributed by atoms with E-state index in [1.807, 2.05) is 0 Å². The lowest BCUT2D eigenvalue weighted by atomic mass is 10.2. The Morgan fingerprint density at radius 3 is 3.06 bits per heavy atom. The number of morpholine rings is 1. The molecule has 1 saturated heterocycles. The second-order valence-electron chi connectivity index (χ2n) is 3.84. The van der Waals surface area contributed by atoms with Gasteiger partial charge in [-0.3, -0.25) is 9.89 Å². The second kappa shape index (κ2) is 5.05. The molecule has 0 aliphatic carbocycles. The highest BCUT2D eigenvalue weighted by Gasteiger charge is 2.30. The SMILES string of the molecule is COC(=O)C1CN(C(=O)c2cc(N)n[nH]2)CCO1. The van der Waals surface area contributed by atoms with Gasteiger partial charge in [0.2, 0.25) is 0 Å². The Labute approximate surface area is 103 Å². The van der Waals surface area contributed by atoms with Gasteiger partial charge >= 0.3 is 5.97 Å². The molecule has 2 rings (SSSR count). The van der Waals surface area contributed by atoms with Gasteiger partial charge in [-0.1, -0.05) is 0 Å². The first-order valence-corrected chi connectivity index (χ1v) is 5.41. The van der Waals surface area contributed by atoms with Gasteiger partial charge in [0, 0.05) is 12.6 Å². The summed E-state index contributed by atoms with van der Waals surface area (Å²) in [5, 5.41) is 6.22. The number of aromatic nitrogens is 2. The number of esters is 1. The van der Waals surface area contributed by atoms with Gasteiger partial charge in [0.25, 0.3) is 5.91 Å². The number of amides is 1. The number of nitrogens with two attached hydrogens (primary N) is 1. The molecule has 0 aromatic carbocycles. The van der Waals surface area contributed by atoms with Crippen LogP contribution in [0.25, 0.3) is 0 Å². The van der Waals surface area contributed by atoms with Crippen molar-refractivity contribution in [1.82, 2.24) is 15.1 Å². The minimum atomic E-state index is -0.743. The van der Waals surface area contributed by atoms with Crippen LogP contribution in [0, 0.1) is 0 Å². The second-order valence-corrected chi connectivity index (χ2v) is 3.84. The number of nitrogens with one attached hydrogen (secondary N) is 1. The summed E-state index contributed by atoms with van der Waals surface area (Å²) >= 11 is 0. The van der Waals surface area contributed by atoms with Crippen LogP contribution < -0.4 is 5.73 Å². The molecule has 2 heterocycles. The predicted octanol–water partition coefficient (Wildman–Crippen LogP) is -0.994. The summed E-state index contributed by atoms with van der Waals surface area (Å²) in [6.07, 6.45) is -0.743. The molecule has 0 radical (unpaired) electrons. The van der Waals surface area contributed by atoms with Crippen LogP contribution in [0.4, 0.5) is 5.82 Å². The van der Waals surface area contributed by atoms with E-state index < -0.39 is 12.1 Å². The van der Waals surface area contributed by atoms with Crippen molar-refractivity contribution in [2.75, 3.05) is 32.5 Å². The molecule has 1 aromatic heterocycles. The fourth-order valence-corrected chi connectivity index (χ4v) is 1.72. The molecule has 1 aromatic rings. The minimum absolute atomic E-state index is 0.157. The maximum absolute atomic E-state index is 12.1. The third kappa shape index (κ3) is 2.43. The summed E-state index contributed by atoms with van der Waals surface area (Å²) in [7, 11) is 1.28. The van der Waals surface area contributed by atoms with Gasteiger partial charge in [-0.2, -0.15) is 5.10 Å². The quantitative estimate of drug-likeness (QED) is 0.655. The molecule has 8 nitrogen and oxygen atoms in total. The first-order chi connectivity index (χ1) is 8.61. The summed E-state index contributed by atoms with van der Waals surface area (Å²) in [4.78, 5) is 24.9. The molecule has 18 heavy (non-hydrogen) atoms. The lowest BCUT2D eigenvalue weighted by Crippen LogP contribution is -2.49. The van der Waals surface area contributed by atoms with Crippen LogP contribution in [0.1, 0.15) is 10.5 Å². The van der Waals surface area contributed by atoms with Crippen molar-refractivity contribution in [3.05, 3.63) is 11.8 Å². The van der Waals surface area contributed by atoms with E-state index in [4.69, 9.17) is 10.5 Å². The van der Waals surface area contributed by atoms with E-state index in [0.29, 0.717) is 6.54 Å². The molecule has 0 saturated carbocycles. The number of hydrogen-bond acceptors (Lipinski definition) is 6. The summed E-state index contributed by atoms with van der Waals surface area (Å²) in [6, 6.07) is 1.45. The van der Waals surface area contributed by atoms with Crippen LogP contribution in [0.3, 0.4) is 0 Å². The highest BCUT2D eigenvalue weighted by molar-refractivity contribution is 5.93. The molecule has 3 N–H and O–H groups in total. The fraction of sp³-hybridized carbons (Fsp3) is 0.500. The average Bonchev–Trinajstić information content (AvgIpc) is 2.83. The van der Waals surface area contributed by atoms with E-state index >= 15 is 0 Å². The molecule has 0 spiro atoms. The van der Waals surface area contributed by atoms with Crippen LogP contribution in [0.2, 0.25) is 0 Å². The first kappa shape index (κ1) is 12.4. The summed E-state index contributed by atoms with van der Waals surface area (Å²) in [6.45, 7) is 0.852. The topological polar surface area (TPSA) is 111 Å². The van der Waals surface area contributed by atoms with Crippen molar-refractivity contribution >= 4 is 17.7 Å². The van der Waals surface area contributed by atoms with Crippen molar-refractivity contribution in [2.24, 2.45) is 0 Å². The average molecular weight is 254 g/mol. The van der Waals surface area contributed by atoms with Crippen LogP contribution in [0.5, 0.6) is 0 Å². The van der Waals surface area contributed by atoms with Gasteiger partial charge in [-0.15, -0.1) is 0 Å². The molecular formula is C10H14N4O4. The van der Waals surface area contributed by atoms with Gasteiger partial charge in [0.1, 0.15) is 11.5 Å². The summed E-state index contributed by atoms with van der Waals surface area (Å²) in [5.74, 6) is -0.510. The Bertz CT molecular complexity index is 458. The number of aromatic amines is 1. The maximum Gasteiger partial charge on any atom is 0.336 e. The largest absolute Gasteiger partial charge is 0.467 e. The Kier molecular flexibility index (Phi) is 3.47. The summed E-state index contributed by atoms with van der Waals surface area (Å²) < 4.78 is 9.82. The zero-order chi connectivity index (χ0) is 13.1. The number of nitrogen functional groups attached to an aromatic ring is 1. The Hall–Kier alpha value is -2.09. The molecule has 1 amide bonds. The number of anilines is 1. The molecule has 1 atom stereocenters. The molecule has 1 aliphatic heterocycles.